The molecule has 3 N–H and O–H groups in total. The first-order chi connectivity index (χ1) is 9.44. The number of β-amino-alcohol motifs (C(OH)–C–C–N with tert-alkyl or cyclic N) is 1. The number of alkyl halides is 3. The van der Waals surface area contributed by atoms with Crippen LogP contribution in [0.25, 0.3) is 0 Å². The summed E-state index contributed by atoms with van der Waals surface area (Å²) in [5, 5.41) is 15.9. The standard InChI is InChI=1S/C13H17F3N2O2.ClH/c14-13(15,16)20-11-3-1-9(2-4-11)5-17-6-10-7-18-8-12(10)19;/h1-4,10,12,17-19H,5-8H2;1H. The van der Waals surface area contributed by atoms with Crippen LogP contribution in [0.1, 0.15) is 5.56 Å². The molecule has 1 aromatic rings. The second-order valence-electron chi connectivity index (χ2n) is 4.81. The van der Waals surface area contributed by atoms with Crippen LogP contribution in [0.15, 0.2) is 24.3 Å². The predicted molar refractivity (Wildman–Crippen MR) is 74.4 cm³/mol. The van der Waals surface area contributed by atoms with E-state index in [9.17, 15) is 18.3 Å². The summed E-state index contributed by atoms with van der Waals surface area (Å²) in [5.74, 6) is -0.0560. The van der Waals surface area contributed by atoms with Crippen LogP contribution in [0.4, 0.5) is 13.2 Å². The van der Waals surface area contributed by atoms with Crippen LogP contribution in [0, 0.1) is 5.92 Å². The van der Waals surface area contributed by atoms with Crippen molar-refractivity contribution in [2.45, 2.75) is 19.0 Å². The Morgan fingerprint density at radius 2 is 1.90 bits per heavy atom. The quantitative estimate of drug-likeness (QED) is 0.770. The molecule has 0 radical (unpaired) electrons. The van der Waals surface area contributed by atoms with Crippen molar-refractivity contribution >= 4 is 12.4 Å². The van der Waals surface area contributed by atoms with Crippen molar-refractivity contribution in [3.63, 3.8) is 0 Å². The van der Waals surface area contributed by atoms with Gasteiger partial charge in [0.15, 0.2) is 0 Å². The maximum atomic E-state index is 12.0. The number of aliphatic hydroxyl groups is 1. The predicted octanol–water partition coefficient (Wildman–Crippen LogP) is 1.68. The van der Waals surface area contributed by atoms with Gasteiger partial charge in [0.1, 0.15) is 5.75 Å². The fraction of sp³-hybridized carbons (Fsp3) is 0.538. The van der Waals surface area contributed by atoms with Crippen molar-refractivity contribution in [3.05, 3.63) is 29.8 Å². The molecule has 1 aromatic carbocycles. The Hall–Kier alpha value is -1.02. The average Bonchev–Trinajstić information content (AvgIpc) is 2.76. The third-order valence-electron chi connectivity index (χ3n) is 3.20. The van der Waals surface area contributed by atoms with E-state index in [2.05, 4.69) is 15.4 Å². The summed E-state index contributed by atoms with van der Waals surface area (Å²) in [6.07, 6.45) is -5.00. The van der Waals surface area contributed by atoms with Gasteiger partial charge in [0.05, 0.1) is 6.10 Å². The van der Waals surface area contributed by atoms with Crippen molar-refractivity contribution in [2.24, 2.45) is 5.92 Å². The molecule has 21 heavy (non-hydrogen) atoms. The molecule has 8 heteroatoms. The molecule has 4 nitrogen and oxygen atoms in total. The highest BCUT2D eigenvalue weighted by Gasteiger charge is 2.31. The number of halogens is 4. The van der Waals surface area contributed by atoms with Gasteiger partial charge in [-0.3, -0.25) is 0 Å². The molecule has 1 saturated heterocycles. The van der Waals surface area contributed by atoms with Gasteiger partial charge in [-0.2, -0.15) is 0 Å². The highest BCUT2D eigenvalue weighted by Crippen LogP contribution is 2.22. The van der Waals surface area contributed by atoms with E-state index in [0.717, 1.165) is 12.1 Å². The number of rotatable bonds is 5. The lowest BCUT2D eigenvalue weighted by atomic mass is 10.1. The topological polar surface area (TPSA) is 53.5 Å². The molecule has 1 aliphatic heterocycles. The fourth-order valence-corrected chi connectivity index (χ4v) is 2.14. The Balaban J connectivity index is 0.00000220. The Kier molecular flexibility index (Phi) is 6.73. The minimum atomic E-state index is -4.66. The van der Waals surface area contributed by atoms with Crippen LogP contribution in [-0.2, 0) is 6.54 Å². The molecule has 2 unspecified atom stereocenters. The molecule has 0 amide bonds. The lowest BCUT2D eigenvalue weighted by molar-refractivity contribution is -0.274. The van der Waals surface area contributed by atoms with E-state index in [1.165, 1.54) is 12.1 Å². The summed E-state index contributed by atoms with van der Waals surface area (Å²) in [6.45, 7) is 2.58. The van der Waals surface area contributed by atoms with Gasteiger partial charge in [-0.1, -0.05) is 12.1 Å². The number of aliphatic hydroxyl groups excluding tert-OH is 1. The molecule has 0 aromatic heterocycles. The van der Waals surface area contributed by atoms with Crippen LogP contribution in [0.2, 0.25) is 0 Å². The molecule has 120 valence electrons. The van der Waals surface area contributed by atoms with E-state index in [4.69, 9.17) is 0 Å². The average molecular weight is 327 g/mol. The van der Waals surface area contributed by atoms with Gasteiger partial charge >= 0.3 is 6.36 Å². The Morgan fingerprint density at radius 3 is 2.43 bits per heavy atom. The second-order valence-corrected chi connectivity index (χ2v) is 4.81. The largest absolute Gasteiger partial charge is 0.573 e. The summed E-state index contributed by atoms with van der Waals surface area (Å²) < 4.78 is 39.8. The first-order valence-corrected chi connectivity index (χ1v) is 6.38. The maximum absolute atomic E-state index is 12.0. The third-order valence-corrected chi connectivity index (χ3v) is 3.20. The minimum absolute atomic E-state index is 0. The molecule has 1 heterocycles. The van der Waals surface area contributed by atoms with E-state index >= 15 is 0 Å². The van der Waals surface area contributed by atoms with Crippen LogP contribution >= 0.6 is 12.4 Å². The number of hydrogen-bond acceptors (Lipinski definition) is 4. The smallest absolute Gasteiger partial charge is 0.406 e. The van der Waals surface area contributed by atoms with Crippen molar-refractivity contribution < 1.29 is 23.0 Å². The molecule has 1 fully saturated rings. The second kappa shape index (κ2) is 7.84. The van der Waals surface area contributed by atoms with Crippen molar-refractivity contribution in [1.82, 2.24) is 10.6 Å². The van der Waals surface area contributed by atoms with E-state index in [1.54, 1.807) is 12.1 Å². The molecule has 0 bridgehead atoms. The Morgan fingerprint density at radius 1 is 1.24 bits per heavy atom. The van der Waals surface area contributed by atoms with Crippen LogP contribution < -0.4 is 15.4 Å². The monoisotopic (exact) mass is 326 g/mol. The zero-order chi connectivity index (χ0) is 14.6. The molecule has 0 saturated carbocycles. The highest BCUT2D eigenvalue weighted by atomic mass is 35.5. The zero-order valence-electron chi connectivity index (χ0n) is 11.2. The van der Waals surface area contributed by atoms with Gasteiger partial charge in [0.2, 0.25) is 0 Å². The number of ether oxygens (including phenoxy) is 1. The summed E-state index contributed by atoms with van der Waals surface area (Å²) in [6, 6.07) is 5.74. The summed E-state index contributed by atoms with van der Waals surface area (Å²) in [5.41, 5.74) is 0.861. The lowest BCUT2D eigenvalue weighted by Gasteiger charge is -2.14. The fourth-order valence-electron chi connectivity index (χ4n) is 2.14. The van der Waals surface area contributed by atoms with E-state index < -0.39 is 6.36 Å². The lowest BCUT2D eigenvalue weighted by Crippen LogP contribution is -2.30. The van der Waals surface area contributed by atoms with E-state index in [1.807, 2.05) is 0 Å². The Labute approximate surface area is 127 Å². The van der Waals surface area contributed by atoms with Gasteiger partial charge in [0.25, 0.3) is 0 Å². The van der Waals surface area contributed by atoms with Crippen molar-refractivity contribution in [2.75, 3.05) is 19.6 Å². The van der Waals surface area contributed by atoms with Crippen LogP contribution in [0.3, 0.4) is 0 Å². The third kappa shape index (κ3) is 6.09. The first kappa shape index (κ1) is 18.0. The van der Waals surface area contributed by atoms with Gasteiger partial charge < -0.3 is 20.5 Å². The summed E-state index contributed by atoms with van der Waals surface area (Å²) in [4.78, 5) is 0. The SMILES string of the molecule is Cl.OC1CNCC1CNCc1ccc(OC(F)(F)F)cc1. The number of benzene rings is 1. The van der Waals surface area contributed by atoms with Gasteiger partial charge in [-0.25, -0.2) is 0 Å². The van der Waals surface area contributed by atoms with Crippen molar-refractivity contribution in [3.8, 4) is 5.75 Å². The van der Waals surface area contributed by atoms with Gasteiger partial charge in [0, 0.05) is 32.1 Å². The van der Waals surface area contributed by atoms with Crippen LogP contribution in [-0.4, -0.2) is 37.2 Å². The van der Waals surface area contributed by atoms with E-state index in [0.29, 0.717) is 19.6 Å². The van der Waals surface area contributed by atoms with E-state index in [-0.39, 0.29) is 30.2 Å². The molecular weight excluding hydrogens is 309 g/mol. The summed E-state index contributed by atoms with van der Waals surface area (Å²) >= 11 is 0. The molecule has 0 aliphatic carbocycles. The van der Waals surface area contributed by atoms with Crippen molar-refractivity contribution in [1.29, 1.82) is 0 Å². The highest BCUT2D eigenvalue weighted by molar-refractivity contribution is 5.85. The minimum Gasteiger partial charge on any atom is -0.406 e. The molecular formula is C13H18ClF3N2O2. The van der Waals surface area contributed by atoms with Gasteiger partial charge in [-0.05, 0) is 17.7 Å². The first-order valence-electron chi connectivity index (χ1n) is 6.38. The molecule has 1 aliphatic rings. The summed E-state index contributed by atoms with van der Waals surface area (Å²) in [7, 11) is 0. The van der Waals surface area contributed by atoms with Crippen LogP contribution in [0.5, 0.6) is 5.75 Å². The maximum Gasteiger partial charge on any atom is 0.573 e. The molecule has 2 atom stereocenters. The van der Waals surface area contributed by atoms with Gasteiger partial charge in [-0.15, -0.1) is 25.6 Å². The zero-order valence-corrected chi connectivity index (χ0v) is 12.0. The normalized spacial score (nSPS) is 21.9. The number of hydrogen-bond donors (Lipinski definition) is 3. The molecule has 2 rings (SSSR count). The Bertz CT molecular complexity index is 428. The molecule has 0 spiro atoms. The number of nitrogens with one attached hydrogen (secondary N) is 2.